The first-order valence-electron chi connectivity index (χ1n) is 8.61. The van der Waals surface area contributed by atoms with Gasteiger partial charge in [-0.05, 0) is 30.3 Å². The lowest BCUT2D eigenvalue weighted by Gasteiger charge is -2.38. The molecule has 0 unspecified atom stereocenters. The number of hydrogen-bond acceptors (Lipinski definition) is 5. The second kappa shape index (κ2) is 5.88. The maximum Gasteiger partial charge on any atom is 0.213 e. The van der Waals surface area contributed by atoms with Gasteiger partial charge in [-0.2, -0.15) is 5.10 Å². The van der Waals surface area contributed by atoms with E-state index in [4.69, 9.17) is 9.84 Å². The molecule has 0 amide bonds. The summed E-state index contributed by atoms with van der Waals surface area (Å²) in [6.07, 6.45) is 3.93. The number of benzene rings is 2. The van der Waals surface area contributed by atoms with Crippen LogP contribution in [-0.2, 0) is 0 Å². The summed E-state index contributed by atoms with van der Waals surface area (Å²) in [7, 11) is 0. The zero-order valence-corrected chi connectivity index (χ0v) is 14.0. The fourth-order valence-electron chi connectivity index (χ4n) is 3.66. The standard InChI is InChI=1S/C21H17N3O2/c25-19-7-3-1-5-15(19)17-13-18-16-6-2-4-8-20(16)26-21(24(18)23-17)14-9-11-22-12-10-14/h1-12,18,21,25H,13H2/t18-,21-/m0/s1. The predicted molar refractivity (Wildman–Crippen MR) is 97.9 cm³/mol. The summed E-state index contributed by atoms with van der Waals surface area (Å²) < 4.78 is 6.27. The molecule has 5 nitrogen and oxygen atoms in total. The largest absolute Gasteiger partial charge is 0.507 e. The van der Waals surface area contributed by atoms with Gasteiger partial charge in [0.15, 0.2) is 0 Å². The first-order chi connectivity index (χ1) is 12.8. The highest BCUT2D eigenvalue weighted by molar-refractivity contribution is 6.04. The third-order valence-corrected chi connectivity index (χ3v) is 4.91. The highest BCUT2D eigenvalue weighted by Gasteiger charge is 2.41. The average molecular weight is 343 g/mol. The van der Waals surface area contributed by atoms with Crippen LogP contribution in [0.25, 0.3) is 0 Å². The predicted octanol–water partition coefficient (Wildman–Crippen LogP) is 4.03. The number of phenols is 1. The van der Waals surface area contributed by atoms with Gasteiger partial charge in [-0.3, -0.25) is 4.98 Å². The molecule has 0 aliphatic carbocycles. The number of phenolic OH excluding ortho intramolecular Hbond substituents is 1. The van der Waals surface area contributed by atoms with E-state index in [0.717, 1.165) is 34.6 Å². The van der Waals surface area contributed by atoms with Crippen LogP contribution in [0.5, 0.6) is 11.5 Å². The van der Waals surface area contributed by atoms with Crippen LogP contribution in [0.2, 0.25) is 0 Å². The van der Waals surface area contributed by atoms with Crippen molar-refractivity contribution in [1.29, 1.82) is 0 Å². The van der Waals surface area contributed by atoms with Gasteiger partial charge >= 0.3 is 0 Å². The Morgan fingerprint density at radius 2 is 1.73 bits per heavy atom. The summed E-state index contributed by atoms with van der Waals surface area (Å²) in [6.45, 7) is 0. The van der Waals surface area contributed by atoms with Gasteiger partial charge in [0.1, 0.15) is 11.5 Å². The molecular weight excluding hydrogens is 326 g/mol. The second-order valence-corrected chi connectivity index (χ2v) is 6.45. The Labute approximate surface area is 151 Å². The van der Waals surface area contributed by atoms with Crippen LogP contribution in [0.4, 0.5) is 0 Å². The van der Waals surface area contributed by atoms with Crippen LogP contribution < -0.4 is 4.74 Å². The topological polar surface area (TPSA) is 58.0 Å². The molecule has 5 heteroatoms. The summed E-state index contributed by atoms with van der Waals surface area (Å²) in [5.41, 5.74) is 3.76. The molecule has 2 aliphatic heterocycles. The maximum atomic E-state index is 10.2. The SMILES string of the molecule is Oc1ccccc1C1=NN2[C@@H](C1)c1ccccc1O[C@H]2c1ccncc1. The molecule has 2 atom stereocenters. The fourth-order valence-corrected chi connectivity index (χ4v) is 3.66. The van der Waals surface area contributed by atoms with E-state index in [-0.39, 0.29) is 18.0 Å². The van der Waals surface area contributed by atoms with Crippen molar-refractivity contribution in [3.63, 3.8) is 0 Å². The van der Waals surface area contributed by atoms with Crippen LogP contribution in [-0.4, -0.2) is 20.8 Å². The summed E-state index contributed by atoms with van der Waals surface area (Å²) in [5.74, 6) is 1.13. The third-order valence-electron chi connectivity index (χ3n) is 4.91. The van der Waals surface area contributed by atoms with Crippen LogP contribution in [0.1, 0.15) is 35.4 Å². The lowest BCUT2D eigenvalue weighted by molar-refractivity contribution is -0.0190. The minimum atomic E-state index is -0.318. The lowest BCUT2D eigenvalue weighted by Crippen LogP contribution is -2.33. The summed E-state index contributed by atoms with van der Waals surface area (Å²) in [6, 6.07) is 19.4. The molecule has 2 aromatic carbocycles. The number of aromatic hydroxyl groups is 1. The van der Waals surface area contributed by atoms with Crippen molar-refractivity contribution < 1.29 is 9.84 Å². The first kappa shape index (κ1) is 15.0. The number of nitrogens with zero attached hydrogens (tertiary/aromatic N) is 3. The van der Waals surface area contributed by atoms with E-state index in [9.17, 15) is 5.11 Å². The van der Waals surface area contributed by atoms with Gasteiger partial charge in [0.25, 0.3) is 0 Å². The lowest BCUT2D eigenvalue weighted by atomic mass is 9.96. The Bertz CT molecular complexity index is 987. The summed E-state index contributed by atoms with van der Waals surface area (Å²) in [5, 5.41) is 17.1. The molecular formula is C21H17N3O2. The number of rotatable bonds is 2. The van der Waals surface area contributed by atoms with Crippen LogP contribution >= 0.6 is 0 Å². The molecule has 3 heterocycles. The molecule has 1 N–H and O–H groups in total. The highest BCUT2D eigenvalue weighted by atomic mass is 16.5. The van der Waals surface area contributed by atoms with Crippen molar-refractivity contribution in [3.05, 3.63) is 89.7 Å². The van der Waals surface area contributed by atoms with Gasteiger partial charge in [0.05, 0.1) is 11.8 Å². The van der Waals surface area contributed by atoms with E-state index in [1.165, 1.54) is 0 Å². The molecule has 128 valence electrons. The van der Waals surface area contributed by atoms with Gasteiger partial charge in [0.2, 0.25) is 6.23 Å². The molecule has 0 radical (unpaired) electrons. The zero-order valence-electron chi connectivity index (χ0n) is 14.0. The monoisotopic (exact) mass is 343 g/mol. The minimum Gasteiger partial charge on any atom is -0.507 e. The Hall–Kier alpha value is -3.34. The van der Waals surface area contributed by atoms with E-state index >= 15 is 0 Å². The summed E-state index contributed by atoms with van der Waals surface area (Å²) in [4.78, 5) is 4.10. The second-order valence-electron chi connectivity index (χ2n) is 6.45. The van der Waals surface area contributed by atoms with Gasteiger partial charge in [0, 0.05) is 35.5 Å². The van der Waals surface area contributed by atoms with Crippen molar-refractivity contribution in [2.24, 2.45) is 5.10 Å². The van der Waals surface area contributed by atoms with Gasteiger partial charge in [-0.25, -0.2) is 5.01 Å². The minimum absolute atomic E-state index is 0.0766. The fraction of sp³-hybridized carbons (Fsp3) is 0.143. The Morgan fingerprint density at radius 3 is 2.58 bits per heavy atom. The van der Waals surface area contributed by atoms with Crippen molar-refractivity contribution in [2.45, 2.75) is 18.7 Å². The van der Waals surface area contributed by atoms with Crippen LogP contribution in [0, 0.1) is 0 Å². The third kappa shape index (κ3) is 2.32. The quantitative estimate of drug-likeness (QED) is 0.763. The number of fused-ring (bicyclic) bond motifs is 3. The molecule has 0 bridgehead atoms. The van der Waals surface area contributed by atoms with Crippen molar-refractivity contribution >= 4 is 5.71 Å². The van der Waals surface area contributed by atoms with E-state index in [1.54, 1.807) is 18.5 Å². The molecule has 0 spiro atoms. The van der Waals surface area contributed by atoms with E-state index < -0.39 is 0 Å². The molecule has 0 saturated heterocycles. The van der Waals surface area contributed by atoms with Crippen LogP contribution in [0.15, 0.2) is 78.2 Å². The Kier molecular flexibility index (Phi) is 3.38. The number of hydrazone groups is 1. The van der Waals surface area contributed by atoms with Gasteiger partial charge < -0.3 is 9.84 Å². The molecule has 3 aromatic rings. The number of aromatic nitrogens is 1. The molecule has 5 rings (SSSR count). The van der Waals surface area contributed by atoms with E-state index in [1.807, 2.05) is 53.5 Å². The maximum absolute atomic E-state index is 10.2. The van der Waals surface area contributed by atoms with Crippen molar-refractivity contribution in [2.75, 3.05) is 0 Å². The highest BCUT2D eigenvalue weighted by Crippen LogP contribution is 2.47. The van der Waals surface area contributed by atoms with E-state index in [0.29, 0.717) is 0 Å². The van der Waals surface area contributed by atoms with Gasteiger partial charge in [-0.1, -0.05) is 30.3 Å². The summed E-state index contributed by atoms with van der Waals surface area (Å²) >= 11 is 0. The zero-order chi connectivity index (χ0) is 17.5. The number of pyridine rings is 1. The first-order valence-corrected chi connectivity index (χ1v) is 8.61. The van der Waals surface area contributed by atoms with Crippen molar-refractivity contribution in [3.8, 4) is 11.5 Å². The molecule has 0 fully saturated rings. The van der Waals surface area contributed by atoms with Crippen molar-refractivity contribution in [1.82, 2.24) is 9.99 Å². The normalized spacial score (nSPS) is 20.8. The number of hydrogen-bond donors (Lipinski definition) is 1. The van der Waals surface area contributed by atoms with Gasteiger partial charge in [-0.15, -0.1) is 0 Å². The number of para-hydroxylation sites is 2. The molecule has 2 aliphatic rings. The molecule has 0 saturated carbocycles. The average Bonchev–Trinajstić information content (AvgIpc) is 3.14. The van der Waals surface area contributed by atoms with Crippen LogP contribution in [0.3, 0.4) is 0 Å². The molecule has 26 heavy (non-hydrogen) atoms. The Balaban J connectivity index is 1.62. The van der Waals surface area contributed by atoms with E-state index in [2.05, 4.69) is 11.1 Å². The Morgan fingerprint density at radius 1 is 0.962 bits per heavy atom. The molecule has 1 aromatic heterocycles. The smallest absolute Gasteiger partial charge is 0.213 e. The number of ether oxygens (including phenoxy) is 1.